The minimum atomic E-state index is -0.745. The van der Waals surface area contributed by atoms with Crippen LogP contribution >= 0.6 is 11.8 Å². The Morgan fingerprint density at radius 1 is 1.37 bits per heavy atom. The van der Waals surface area contributed by atoms with Crippen molar-refractivity contribution in [3.05, 3.63) is 0 Å². The lowest BCUT2D eigenvalue weighted by Crippen LogP contribution is -2.45. The molecule has 1 unspecified atom stereocenters. The molecule has 0 heterocycles. The van der Waals surface area contributed by atoms with Gasteiger partial charge in [0.25, 0.3) is 0 Å². The molecule has 4 nitrogen and oxygen atoms in total. The molecule has 0 aliphatic heterocycles. The van der Waals surface area contributed by atoms with E-state index < -0.39 is 17.3 Å². The van der Waals surface area contributed by atoms with E-state index in [2.05, 4.69) is 11.6 Å². The maximum atomic E-state index is 12.3. The number of thioether (sulfide) groups is 1. The van der Waals surface area contributed by atoms with Gasteiger partial charge >= 0.3 is 5.97 Å². The fourth-order valence-electron chi connectivity index (χ4n) is 2.02. The zero-order valence-corrected chi connectivity index (χ0v) is 13.4. The van der Waals surface area contributed by atoms with Crippen LogP contribution in [-0.4, -0.2) is 36.0 Å². The van der Waals surface area contributed by atoms with Crippen LogP contribution in [0, 0.1) is 11.3 Å². The largest absolute Gasteiger partial charge is 0.465 e. The highest BCUT2D eigenvalue weighted by Crippen LogP contribution is 2.46. The van der Waals surface area contributed by atoms with Gasteiger partial charge in [-0.2, -0.15) is 11.8 Å². The Morgan fingerprint density at radius 3 is 2.32 bits per heavy atom. The molecular formula is C14H25NO3S. The average molecular weight is 287 g/mol. The predicted molar refractivity (Wildman–Crippen MR) is 78.1 cm³/mol. The summed E-state index contributed by atoms with van der Waals surface area (Å²) >= 11 is 1.79. The third-order valence-electron chi connectivity index (χ3n) is 3.48. The van der Waals surface area contributed by atoms with Gasteiger partial charge < -0.3 is 10.1 Å². The van der Waals surface area contributed by atoms with Crippen LogP contribution in [0.5, 0.6) is 0 Å². The summed E-state index contributed by atoms with van der Waals surface area (Å²) < 4.78 is 5.22. The van der Waals surface area contributed by atoms with Crippen LogP contribution in [0.15, 0.2) is 0 Å². The van der Waals surface area contributed by atoms with Crippen molar-refractivity contribution in [1.82, 2.24) is 5.32 Å². The Labute approximate surface area is 120 Å². The number of ether oxygens (including phenoxy) is 1. The average Bonchev–Trinajstić information content (AvgIpc) is 3.05. The van der Waals surface area contributed by atoms with Crippen LogP contribution in [-0.2, 0) is 14.3 Å². The van der Waals surface area contributed by atoms with Crippen molar-refractivity contribution in [2.24, 2.45) is 11.3 Å². The standard InChI is InChI=1S/C14H25NO3S/c1-6-18-12(17)10(13(2,3)4)11(16)15-9-14(19-5)7-8-14/h10H,6-9H2,1-5H3,(H,15,16). The first kappa shape index (κ1) is 16.3. The maximum Gasteiger partial charge on any atom is 0.319 e. The molecule has 0 spiro atoms. The number of nitrogens with one attached hydrogen (secondary N) is 1. The third kappa shape index (κ3) is 4.41. The number of carbonyl (C=O) groups excluding carboxylic acids is 2. The van der Waals surface area contributed by atoms with Crippen LogP contribution in [0.25, 0.3) is 0 Å². The van der Waals surface area contributed by atoms with E-state index in [-0.39, 0.29) is 10.7 Å². The van der Waals surface area contributed by atoms with Crippen molar-refractivity contribution >= 4 is 23.6 Å². The van der Waals surface area contributed by atoms with Gasteiger partial charge in [-0.3, -0.25) is 9.59 Å². The summed E-state index contributed by atoms with van der Waals surface area (Å²) in [5.74, 6) is -1.39. The summed E-state index contributed by atoms with van der Waals surface area (Å²) in [4.78, 5) is 24.2. The van der Waals surface area contributed by atoms with Crippen molar-refractivity contribution in [3.8, 4) is 0 Å². The van der Waals surface area contributed by atoms with E-state index in [1.54, 1.807) is 18.7 Å². The molecular weight excluding hydrogens is 262 g/mol. The molecule has 0 aromatic rings. The van der Waals surface area contributed by atoms with Gasteiger partial charge in [-0.05, 0) is 31.4 Å². The van der Waals surface area contributed by atoms with Gasteiger partial charge in [0.2, 0.25) is 5.91 Å². The highest BCUT2D eigenvalue weighted by Gasteiger charge is 2.44. The zero-order valence-electron chi connectivity index (χ0n) is 12.5. The molecule has 1 aliphatic rings. The Morgan fingerprint density at radius 2 is 1.95 bits per heavy atom. The lowest BCUT2D eigenvalue weighted by atomic mass is 9.80. The second-order valence-electron chi connectivity index (χ2n) is 6.16. The number of esters is 1. The molecule has 1 N–H and O–H groups in total. The molecule has 1 aliphatic carbocycles. The van der Waals surface area contributed by atoms with Gasteiger partial charge in [-0.25, -0.2) is 0 Å². The van der Waals surface area contributed by atoms with E-state index in [4.69, 9.17) is 4.74 Å². The molecule has 0 aromatic heterocycles. The number of hydrogen-bond donors (Lipinski definition) is 1. The fraction of sp³-hybridized carbons (Fsp3) is 0.857. The van der Waals surface area contributed by atoms with E-state index in [9.17, 15) is 9.59 Å². The van der Waals surface area contributed by atoms with Gasteiger partial charge in [0.1, 0.15) is 5.92 Å². The first-order chi connectivity index (χ1) is 8.75. The summed E-state index contributed by atoms with van der Waals surface area (Å²) in [6.45, 7) is 8.34. The summed E-state index contributed by atoms with van der Waals surface area (Å²) in [5.41, 5.74) is -0.438. The first-order valence-electron chi connectivity index (χ1n) is 6.75. The maximum absolute atomic E-state index is 12.3. The first-order valence-corrected chi connectivity index (χ1v) is 7.98. The van der Waals surface area contributed by atoms with Gasteiger partial charge in [0.15, 0.2) is 0 Å². The van der Waals surface area contributed by atoms with Crippen molar-refractivity contribution in [1.29, 1.82) is 0 Å². The number of rotatable bonds is 6. The Bertz CT molecular complexity index is 345. The van der Waals surface area contributed by atoms with Crippen LogP contribution < -0.4 is 5.32 Å². The second-order valence-corrected chi connectivity index (χ2v) is 7.43. The highest BCUT2D eigenvalue weighted by atomic mass is 32.2. The topological polar surface area (TPSA) is 55.4 Å². The minimum absolute atomic E-state index is 0.201. The molecule has 5 heteroatoms. The molecule has 0 radical (unpaired) electrons. The van der Waals surface area contributed by atoms with Gasteiger partial charge in [-0.1, -0.05) is 20.8 Å². The smallest absolute Gasteiger partial charge is 0.319 e. The van der Waals surface area contributed by atoms with E-state index in [0.717, 1.165) is 12.8 Å². The molecule has 1 fully saturated rings. The molecule has 0 saturated heterocycles. The quantitative estimate of drug-likeness (QED) is 0.601. The lowest BCUT2D eigenvalue weighted by Gasteiger charge is -2.28. The highest BCUT2D eigenvalue weighted by molar-refractivity contribution is 8.00. The van der Waals surface area contributed by atoms with Gasteiger partial charge in [0.05, 0.1) is 6.61 Å². The van der Waals surface area contributed by atoms with Gasteiger partial charge in [-0.15, -0.1) is 0 Å². The lowest BCUT2D eigenvalue weighted by molar-refractivity contribution is -0.156. The van der Waals surface area contributed by atoms with Crippen LogP contribution in [0.4, 0.5) is 0 Å². The molecule has 1 atom stereocenters. The zero-order chi connectivity index (χ0) is 14.7. The van der Waals surface area contributed by atoms with Crippen molar-refractivity contribution in [2.75, 3.05) is 19.4 Å². The van der Waals surface area contributed by atoms with E-state index in [1.165, 1.54) is 0 Å². The summed E-state index contributed by atoms with van der Waals surface area (Å²) in [5, 5.41) is 2.92. The Balaban J connectivity index is 2.64. The molecule has 0 aromatic carbocycles. The third-order valence-corrected chi connectivity index (χ3v) is 4.89. The predicted octanol–water partition coefficient (Wildman–Crippen LogP) is 2.22. The molecule has 1 saturated carbocycles. The van der Waals surface area contributed by atoms with Crippen LogP contribution in [0.3, 0.4) is 0 Å². The van der Waals surface area contributed by atoms with Crippen LogP contribution in [0.2, 0.25) is 0 Å². The summed E-state index contributed by atoms with van der Waals surface area (Å²) in [6, 6.07) is 0. The van der Waals surface area contributed by atoms with E-state index in [1.807, 2.05) is 20.8 Å². The Hall–Kier alpha value is -0.710. The van der Waals surface area contributed by atoms with Crippen molar-refractivity contribution in [3.63, 3.8) is 0 Å². The number of hydrogen-bond acceptors (Lipinski definition) is 4. The SMILES string of the molecule is CCOC(=O)C(C(=O)NCC1(SC)CC1)C(C)(C)C. The second kappa shape index (κ2) is 6.16. The normalized spacial score (nSPS) is 18.6. The minimum Gasteiger partial charge on any atom is -0.465 e. The summed E-state index contributed by atoms with van der Waals surface area (Å²) in [7, 11) is 0. The molecule has 0 bridgehead atoms. The number of amides is 1. The van der Waals surface area contributed by atoms with E-state index >= 15 is 0 Å². The fourth-order valence-corrected chi connectivity index (χ4v) is 2.75. The van der Waals surface area contributed by atoms with Gasteiger partial charge in [0, 0.05) is 11.3 Å². The summed E-state index contributed by atoms with van der Waals surface area (Å²) in [6.07, 6.45) is 4.33. The van der Waals surface area contributed by atoms with Crippen LogP contribution in [0.1, 0.15) is 40.5 Å². The molecule has 1 rings (SSSR count). The molecule has 19 heavy (non-hydrogen) atoms. The molecule has 1 amide bonds. The van der Waals surface area contributed by atoms with E-state index in [0.29, 0.717) is 13.2 Å². The Kier molecular flexibility index (Phi) is 5.30. The van der Waals surface area contributed by atoms with Crippen molar-refractivity contribution < 1.29 is 14.3 Å². The monoisotopic (exact) mass is 287 g/mol. The number of carbonyl (C=O) groups is 2. The molecule has 110 valence electrons. The van der Waals surface area contributed by atoms with Crippen molar-refractivity contribution in [2.45, 2.75) is 45.3 Å².